The van der Waals surface area contributed by atoms with Crippen molar-refractivity contribution < 1.29 is 4.79 Å². The van der Waals surface area contributed by atoms with E-state index in [1.807, 2.05) is 41.3 Å². The van der Waals surface area contributed by atoms with E-state index in [1.165, 1.54) is 16.5 Å². The number of aryl methyl sites for hydroxylation is 1. The van der Waals surface area contributed by atoms with Gasteiger partial charge in [0.25, 0.3) is 5.56 Å². The van der Waals surface area contributed by atoms with Crippen molar-refractivity contribution in [1.29, 1.82) is 0 Å². The summed E-state index contributed by atoms with van der Waals surface area (Å²) in [7, 11) is 0. The Labute approximate surface area is 191 Å². The van der Waals surface area contributed by atoms with Crippen LogP contribution in [0.3, 0.4) is 0 Å². The van der Waals surface area contributed by atoms with Gasteiger partial charge in [-0.2, -0.15) is 5.10 Å². The molecule has 0 aliphatic carbocycles. The number of hydrogen-bond donors (Lipinski definition) is 0. The predicted octanol–water partition coefficient (Wildman–Crippen LogP) is 2.32. The van der Waals surface area contributed by atoms with Gasteiger partial charge >= 0.3 is 0 Å². The first-order valence-electron chi connectivity index (χ1n) is 11.2. The van der Waals surface area contributed by atoms with Gasteiger partial charge in [-0.1, -0.05) is 48.5 Å². The number of hydrogen-bond acceptors (Lipinski definition) is 5. The fourth-order valence-corrected chi connectivity index (χ4v) is 4.24. The maximum Gasteiger partial charge on any atom is 0.264 e. The first kappa shape index (κ1) is 21.1. The van der Waals surface area contributed by atoms with E-state index in [9.17, 15) is 9.59 Å². The Bertz CT molecular complexity index is 1290. The van der Waals surface area contributed by atoms with Crippen molar-refractivity contribution >= 4 is 16.9 Å². The molecule has 0 bridgehead atoms. The summed E-state index contributed by atoms with van der Waals surface area (Å²) in [6, 6.07) is 20.0. The number of piperazine rings is 1. The molecule has 1 aliphatic rings. The predicted molar refractivity (Wildman–Crippen MR) is 126 cm³/mol. The van der Waals surface area contributed by atoms with Crippen LogP contribution in [0.1, 0.15) is 12.0 Å². The van der Waals surface area contributed by atoms with Crippen molar-refractivity contribution in [2.75, 3.05) is 26.2 Å². The summed E-state index contributed by atoms with van der Waals surface area (Å²) in [5.41, 5.74) is 2.47. The zero-order valence-electron chi connectivity index (χ0n) is 18.4. The summed E-state index contributed by atoms with van der Waals surface area (Å²) in [5.74, 6) is 0.0707. The largest absolute Gasteiger partial charge is 0.340 e. The lowest BCUT2D eigenvalue weighted by Crippen LogP contribution is -2.48. The van der Waals surface area contributed by atoms with Crippen LogP contribution in [0.15, 0.2) is 78.0 Å². The van der Waals surface area contributed by atoms with E-state index < -0.39 is 0 Å². The number of aromatic nitrogens is 4. The summed E-state index contributed by atoms with van der Waals surface area (Å²) >= 11 is 0. The average molecular weight is 443 g/mol. The monoisotopic (exact) mass is 442 g/mol. The van der Waals surface area contributed by atoms with Gasteiger partial charge in [0.15, 0.2) is 5.65 Å². The molecule has 8 nitrogen and oxygen atoms in total. The highest BCUT2D eigenvalue weighted by Crippen LogP contribution is 2.13. The van der Waals surface area contributed by atoms with Crippen LogP contribution in [-0.4, -0.2) is 61.2 Å². The summed E-state index contributed by atoms with van der Waals surface area (Å²) < 4.78 is 3.16. The van der Waals surface area contributed by atoms with Crippen LogP contribution in [0.4, 0.5) is 0 Å². The number of nitrogens with zero attached hydrogens (tertiary/aromatic N) is 6. The third-order valence-corrected chi connectivity index (χ3v) is 6.10. The van der Waals surface area contributed by atoms with Crippen LogP contribution in [0.5, 0.6) is 0 Å². The minimum Gasteiger partial charge on any atom is -0.340 e. The topological polar surface area (TPSA) is 76.3 Å². The number of carbonyl (C=O) groups is 1. The molecule has 0 unspecified atom stereocenters. The van der Waals surface area contributed by atoms with E-state index in [0.717, 1.165) is 25.3 Å². The Morgan fingerprint density at radius 2 is 1.61 bits per heavy atom. The maximum absolute atomic E-state index is 12.9. The van der Waals surface area contributed by atoms with E-state index in [0.29, 0.717) is 30.7 Å². The van der Waals surface area contributed by atoms with Crippen molar-refractivity contribution in [2.45, 2.75) is 19.5 Å². The molecule has 1 aliphatic heterocycles. The Hall–Kier alpha value is -3.78. The molecule has 8 heteroatoms. The molecule has 168 valence electrons. The normalized spacial score (nSPS) is 14.6. The average Bonchev–Trinajstić information content (AvgIpc) is 3.30. The molecule has 3 heterocycles. The fraction of sp³-hybridized carbons (Fsp3) is 0.280. The van der Waals surface area contributed by atoms with Gasteiger partial charge in [0.2, 0.25) is 5.91 Å². The van der Waals surface area contributed by atoms with Crippen LogP contribution in [0.25, 0.3) is 16.7 Å². The molecule has 1 fully saturated rings. The Morgan fingerprint density at radius 3 is 2.33 bits per heavy atom. The van der Waals surface area contributed by atoms with Gasteiger partial charge in [-0.05, 0) is 17.7 Å². The van der Waals surface area contributed by atoms with Crippen LogP contribution in [0.2, 0.25) is 0 Å². The lowest BCUT2D eigenvalue weighted by atomic mass is 10.2. The standard InChI is InChI=1S/C25H26N6O2/c32-23(29-15-13-28(14-16-29)18-20-7-3-1-4-8-20)11-12-30-19-26-24-22(25(30)33)17-27-31(24)21-9-5-2-6-10-21/h1-10,17,19H,11-16,18H2. The molecule has 5 rings (SSSR count). The summed E-state index contributed by atoms with van der Waals surface area (Å²) in [4.78, 5) is 34.4. The van der Waals surface area contributed by atoms with E-state index in [4.69, 9.17) is 0 Å². The Kier molecular flexibility index (Phi) is 5.99. The minimum atomic E-state index is -0.178. The second kappa shape index (κ2) is 9.38. The molecule has 0 spiro atoms. The number of carbonyl (C=O) groups excluding carboxylic acids is 1. The first-order chi connectivity index (χ1) is 16.2. The Balaban J connectivity index is 1.19. The van der Waals surface area contributed by atoms with Gasteiger partial charge in [-0.3, -0.25) is 19.1 Å². The minimum absolute atomic E-state index is 0.0707. The second-order valence-electron chi connectivity index (χ2n) is 8.26. The van der Waals surface area contributed by atoms with Crippen molar-refractivity contribution in [3.8, 4) is 5.69 Å². The van der Waals surface area contributed by atoms with E-state index in [-0.39, 0.29) is 17.9 Å². The number of fused-ring (bicyclic) bond motifs is 1. The highest BCUT2D eigenvalue weighted by Gasteiger charge is 2.21. The molecule has 33 heavy (non-hydrogen) atoms. The lowest BCUT2D eigenvalue weighted by Gasteiger charge is -2.34. The highest BCUT2D eigenvalue weighted by atomic mass is 16.2. The van der Waals surface area contributed by atoms with Gasteiger partial charge in [-0.15, -0.1) is 0 Å². The number of rotatable bonds is 6. The van der Waals surface area contributed by atoms with E-state index in [2.05, 4.69) is 39.2 Å². The highest BCUT2D eigenvalue weighted by molar-refractivity contribution is 5.77. The van der Waals surface area contributed by atoms with E-state index >= 15 is 0 Å². The molecule has 1 amide bonds. The molecule has 2 aromatic heterocycles. The summed E-state index contributed by atoms with van der Waals surface area (Å²) in [6.07, 6.45) is 3.33. The smallest absolute Gasteiger partial charge is 0.264 e. The van der Waals surface area contributed by atoms with Crippen molar-refractivity contribution in [2.24, 2.45) is 0 Å². The molecular formula is C25H26N6O2. The third kappa shape index (κ3) is 4.56. The van der Waals surface area contributed by atoms with Crippen LogP contribution in [0, 0.1) is 0 Å². The second-order valence-corrected chi connectivity index (χ2v) is 8.26. The fourth-order valence-electron chi connectivity index (χ4n) is 4.24. The van der Waals surface area contributed by atoms with Gasteiger partial charge in [0.05, 0.1) is 18.2 Å². The number of amides is 1. The quantitative estimate of drug-likeness (QED) is 0.458. The van der Waals surface area contributed by atoms with Crippen LogP contribution < -0.4 is 5.56 Å². The lowest BCUT2D eigenvalue weighted by molar-refractivity contribution is -0.133. The van der Waals surface area contributed by atoms with Gasteiger partial charge < -0.3 is 4.90 Å². The van der Waals surface area contributed by atoms with E-state index in [1.54, 1.807) is 10.9 Å². The van der Waals surface area contributed by atoms with Gasteiger partial charge in [-0.25, -0.2) is 9.67 Å². The molecule has 0 radical (unpaired) electrons. The first-order valence-corrected chi connectivity index (χ1v) is 11.2. The van der Waals surface area contributed by atoms with Gasteiger partial charge in [0, 0.05) is 45.7 Å². The zero-order valence-corrected chi connectivity index (χ0v) is 18.4. The van der Waals surface area contributed by atoms with Crippen molar-refractivity contribution in [3.05, 3.63) is 89.1 Å². The van der Waals surface area contributed by atoms with Crippen LogP contribution >= 0.6 is 0 Å². The number of benzene rings is 2. The van der Waals surface area contributed by atoms with Crippen LogP contribution in [-0.2, 0) is 17.9 Å². The van der Waals surface area contributed by atoms with Gasteiger partial charge in [0.1, 0.15) is 5.39 Å². The Morgan fingerprint density at radius 1 is 0.909 bits per heavy atom. The molecule has 2 aromatic carbocycles. The summed E-state index contributed by atoms with van der Waals surface area (Å²) in [5, 5.41) is 4.78. The number of para-hydroxylation sites is 1. The molecule has 0 saturated carbocycles. The molecular weight excluding hydrogens is 416 g/mol. The summed E-state index contributed by atoms with van der Waals surface area (Å²) in [6.45, 7) is 4.34. The third-order valence-electron chi connectivity index (χ3n) is 6.10. The molecule has 4 aromatic rings. The SMILES string of the molecule is O=C(CCn1cnc2c(cnn2-c2ccccc2)c1=O)N1CCN(Cc2ccccc2)CC1. The van der Waals surface area contributed by atoms with Crippen molar-refractivity contribution in [1.82, 2.24) is 29.1 Å². The molecule has 1 saturated heterocycles. The van der Waals surface area contributed by atoms with Crippen molar-refractivity contribution in [3.63, 3.8) is 0 Å². The maximum atomic E-state index is 12.9. The zero-order chi connectivity index (χ0) is 22.6. The molecule has 0 atom stereocenters. The molecule has 0 N–H and O–H groups in total.